The molecular formula is C12H17F3N2OS. The summed E-state index contributed by atoms with van der Waals surface area (Å²) >= 11 is 1.12. The molecule has 0 bridgehead atoms. The van der Waals surface area contributed by atoms with E-state index in [0.717, 1.165) is 30.6 Å². The van der Waals surface area contributed by atoms with Gasteiger partial charge in [0.2, 0.25) is 0 Å². The zero-order valence-corrected chi connectivity index (χ0v) is 11.5. The molecule has 1 aromatic heterocycles. The van der Waals surface area contributed by atoms with E-state index in [-0.39, 0.29) is 17.5 Å². The summed E-state index contributed by atoms with van der Waals surface area (Å²) in [5.41, 5.74) is -0.758. The van der Waals surface area contributed by atoms with Crippen molar-refractivity contribution >= 4 is 11.3 Å². The van der Waals surface area contributed by atoms with Crippen LogP contribution >= 0.6 is 11.3 Å². The van der Waals surface area contributed by atoms with Gasteiger partial charge in [-0.2, -0.15) is 13.2 Å². The van der Waals surface area contributed by atoms with E-state index >= 15 is 0 Å². The first-order valence-electron chi connectivity index (χ1n) is 6.41. The Balaban J connectivity index is 2.18. The van der Waals surface area contributed by atoms with E-state index in [1.165, 1.54) is 0 Å². The predicted molar refractivity (Wildman–Crippen MR) is 67.0 cm³/mol. The highest BCUT2D eigenvalue weighted by Gasteiger charge is 2.38. The Morgan fingerprint density at radius 1 is 1.47 bits per heavy atom. The molecule has 2 heterocycles. The largest absolute Gasteiger partial charge is 0.434 e. The van der Waals surface area contributed by atoms with Crippen LogP contribution in [0.2, 0.25) is 0 Å². The van der Waals surface area contributed by atoms with Crippen molar-refractivity contribution in [2.24, 2.45) is 0 Å². The summed E-state index contributed by atoms with van der Waals surface area (Å²) in [6, 6.07) is 0. The Kier molecular flexibility index (Phi) is 4.81. The van der Waals surface area contributed by atoms with Crippen molar-refractivity contribution < 1.29 is 17.9 Å². The molecule has 1 N–H and O–H groups in total. The van der Waals surface area contributed by atoms with E-state index in [1.807, 2.05) is 6.92 Å². The van der Waals surface area contributed by atoms with Crippen molar-refractivity contribution in [3.8, 4) is 0 Å². The van der Waals surface area contributed by atoms with Crippen LogP contribution in [-0.2, 0) is 17.5 Å². The molecule has 0 amide bonds. The molecule has 1 aliphatic rings. The molecule has 0 saturated carbocycles. The molecule has 1 aliphatic heterocycles. The van der Waals surface area contributed by atoms with Crippen LogP contribution in [0.3, 0.4) is 0 Å². The topological polar surface area (TPSA) is 34.1 Å². The van der Waals surface area contributed by atoms with Crippen LogP contribution in [0.15, 0.2) is 0 Å². The standard InChI is InChI=1S/C12H17F3N2OS/c1-2-5-16-7-9-10(12(13,14)15)17-11(19-9)8-4-3-6-18-8/h8,16H,2-7H2,1H3. The van der Waals surface area contributed by atoms with Gasteiger partial charge in [-0.1, -0.05) is 6.92 Å². The maximum Gasteiger partial charge on any atom is 0.434 e. The minimum Gasteiger partial charge on any atom is -0.371 e. The van der Waals surface area contributed by atoms with Crippen molar-refractivity contribution in [2.75, 3.05) is 13.2 Å². The number of alkyl halides is 3. The number of halogens is 3. The van der Waals surface area contributed by atoms with Crippen molar-refractivity contribution in [3.63, 3.8) is 0 Å². The second-order valence-electron chi connectivity index (χ2n) is 4.50. The second kappa shape index (κ2) is 6.19. The molecule has 0 radical (unpaired) electrons. The fourth-order valence-electron chi connectivity index (χ4n) is 2.00. The summed E-state index contributed by atoms with van der Waals surface area (Å²) in [7, 11) is 0. The Morgan fingerprint density at radius 2 is 2.26 bits per heavy atom. The molecule has 0 aromatic carbocycles. The van der Waals surface area contributed by atoms with Crippen LogP contribution in [0.25, 0.3) is 0 Å². The van der Waals surface area contributed by atoms with Crippen LogP contribution in [0.5, 0.6) is 0 Å². The van der Waals surface area contributed by atoms with Crippen molar-refractivity contribution in [3.05, 3.63) is 15.6 Å². The molecule has 1 saturated heterocycles. The number of thiazole rings is 1. The van der Waals surface area contributed by atoms with E-state index in [4.69, 9.17) is 4.74 Å². The molecule has 1 unspecified atom stereocenters. The van der Waals surface area contributed by atoms with Crippen molar-refractivity contribution in [1.82, 2.24) is 10.3 Å². The van der Waals surface area contributed by atoms with Gasteiger partial charge in [-0.25, -0.2) is 4.98 Å². The fraction of sp³-hybridized carbons (Fsp3) is 0.750. The van der Waals surface area contributed by atoms with Gasteiger partial charge in [-0.3, -0.25) is 0 Å². The van der Waals surface area contributed by atoms with E-state index in [1.54, 1.807) is 0 Å². The SMILES string of the molecule is CCCNCc1sc(C2CCCO2)nc1C(F)(F)F. The molecular weight excluding hydrogens is 277 g/mol. The summed E-state index contributed by atoms with van der Waals surface area (Å²) < 4.78 is 44.2. The van der Waals surface area contributed by atoms with Crippen molar-refractivity contribution in [2.45, 2.75) is 45.0 Å². The van der Waals surface area contributed by atoms with Crippen LogP contribution in [-0.4, -0.2) is 18.1 Å². The number of ether oxygens (including phenoxy) is 1. The Morgan fingerprint density at radius 3 is 2.84 bits per heavy atom. The van der Waals surface area contributed by atoms with Crippen LogP contribution in [0.4, 0.5) is 13.2 Å². The highest BCUT2D eigenvalue weighted by atomic mass is 32.1. The van der Waals surface area contributed by atoms with Gasteiger partial charge in [0.1, 0.15) is 11.1 Å². The molecule has 108 valence electrons. The molecule has 0 spiro atoms. The van der Waals surface area contributed by atoms with E-state index in [0.29, 0.717) is 18.2 Å². The lowest BCUT2D eigenvalue weighted by Gasteiger charge is -2.06. The number of aromatic nitrogens is 1. The molecule has 3 nitrogen and oxygen atoms in total. The van der Waals surface area contributed by atoms with E-state index in [9.17, 15) is 13.2 Å². The molecule has 1 aromatic rings. The monoisotopic (exact) mass is 294 g/mol. The normalized spacial score (nSPS) is 20.1. The van der Waals surface area contributed by atoms with Gasteiger partial charge >= 0.3 is 6.18 Å². The fourth-order valence-corrected chi connectivity index (χ4v) is 3.14. The summed E-state index contributed by atoms with van der Waals surface area (Å²) in [6.45, 7) is 3.49. The van der Waals surface area contributed by atoms with Gasteiger partial charge in [0.05, 0.1) is 4.88 Å². The minimum absolute atomic E-state index is 0.215. The van der Waals surface area contributed by atoms with E-state index < -0.39 is 11.9 Å². The Hall–Kier alpha value is -0.660. The van der Waals surface area contributed by atoms with Gasteiger partial charge < -0.3 is 10.1 Å². The lowest BCUT2D eigenvalue weighted by molar-refractivity contribution is -0.141. The zero-order valence-electron chi connectivity index (χ0n) is 10.7. The van der Waals surface area contributed by atoms with Gasteiger partial charge in [0.15, 0.2) is 5.69 Å². The van der Waals surface area contributed by atoms with Gasteiger partial charge in [0, 0.05) is 13.2 Å². The summed E-state index contributed by atoms with van der Waals surface area (Å²) in [5.74, 6) is 0. The van der Waals surface area contributed by atoms with Gasteiger partial charge in [0.25, 0.3) is 0 Å². The zero-order chi connectivity index (χ0) is 13.9. The molecule has 2 rings (SSSR count). The number of nitrogens with one attached hydrogen (secondary N) is 1. The molecule has 1 fully saturated rings. The van der Waals surface area contributed by atoms with Crippen LogP contribution < -0.4 is 5.32 Å². The first kappa shape index (κ1) is 14.7. The molecule has 7 heteroatoms. The lowest BCUT2D eigenvalue weighted by atomic mass is 10.2. The lowest BCUT2D eigenvalue weighted by Crippen LogP contribution is -2.17. The number of hydrogen-bond acceptors (Lipinski definition) is 4. The average Bonchev–Trinajstić information content (AvgIpc) is 2.96. The first-order valence-corrected chi connectivity index (χ1v) is 7.23. The number of hydrogen-bond donors (Lipinski definition) is 1. The first-order chi connectivity index (χ1) is 9.02. The van der Waals surface area contributed by atoms with Crippen LogP contribution in [0.1, 0.15) is 47.9 Å². The second-order valence-corrected chi connectivity index (χ2v) is 5.62. The average molecular weight is 294 g/mol. The summed E-state index contributed by atoms with van der Waals surface area (Å²) in [5, 5.41) is 3.45. The smallest absolute Gasteiger partial charge is 0.371 e. The summed E-state index contributed by atoms with van der Waals surface area (Å²) in [4.78, 5) is 4.03. The number of nitrogens with zero attached hydrogens (tertiary/aromatic N) is 1. The van der Waals surface area contributed by atoms with Crippen molar-refractivity contribution in [1.29, 1.82) is 0 Å². The quantitative estimate of drug-likeness (QED) is 0.844. The van der Waals surface area contributed by atoms with Crippen LogP contribution in [0, 0.1) is 0 Å². The predicted octanol–water partition coefficient (Wildman–Crippen LogP) is 3.51. The molecule has 19 heavy (non-hydrogen) atoms. The minimum atomic E-state index is -4.39. The van der Waals surface area contributed by atoms with E-state index in [2.05, 4.69) is 10.3 Å². The van der Waals surface area contributed by atoms with Gasteiger partial charge in [-0.15, -0.1) is 11.3 Å². The number of rotatable bonds is 5. The third kappa shape index (κ3) is 3.67. The Labute approximate surface area is 114 Å². The van der Waals surface area contributed by atoms with Gasteiger partial charge in [-0.05, 0) is 25.8 Å². The molecule has 0 aliphatic carbocycles. The highest BCUT2D eigenvalue weighted by molar-refractivity contribution is 7.11. The maximum absolute atomic E-state index is 12.9. The third-order valence-electron chi connectivity index (χ3n) is 2.90. The third-order valence-corrected chi connectivity index (χ3v) is 4.05. The maximum atomic E-state index is 12.9. The highest BCUT2D eigenvalue weighted by Crippen LogP contribution is 2.39. The summed E-state index contributed by atoms with van der Waals surface area (Å²) in [6.07, 6.45) is -2.12. The molecule has 1 atom stereocenters. The Bertz CT molecular complexity index is 414.